The molecule has 1 rings (SSSR count). The van der Waals surface area contributed by atoms with Gasteiger partial charge in [-0.15, -0.1) is 0 Å². The van der Waals surface area contributed by atoms with E-state index in [0.29, 0.717) is 12.4 Å². The van der Waals surface area contributed by atoms with Gasteiger partial charge in [-0.05, 0) is 24.5 Å². The van der Waals surface area contributed by atoms with Crippen LogP contribution in [0.25, 0.3) is 0 Å². The van der Waals surface area contributed by atoms with Gasteiger partial charge in [-0.1, -0.05) is 122 Å². The minimum Gasteiger partial charge on any atom is -0.493 e. The third kappa shape index (κ3) is 14.5. The Bertz CT molecular complexity index is 539. The molecule has 0 aromatic heterocycles. The number of rotatable bonds is 20. The summed E-state index contributed by atoms with van der Waals surface area (Å²) in [5.74, 6) is 0.423. The second-order valence-corrected chi connectivity index (χ2v) is 9.14. The normalized spacial score (nSPS) is 11.2. The maximum Gasteiger partial charge on any atom is 0.339 e. The van der Waals surface area contributed by atoms with Gasteiger partial charge in [-0.2, -0.15) is 0 Å². The number of hydrogen-bond acceptors (Lipinski definition) is 2. The second-order valence-electron chi connectivity index (χ2n) is 9.14. The van der Waals surface area contributed by atoms with Crippen molar-refractivity contribution in [3.8, 4) is 5.75 Å². The molecule has 3 heteroatoms. The molecule has 0 aliphatic carbocycles. The van der Waals surface area contributed by atoms with Gasteiger partial charge in [0.2, 0.25) is 0 Å². The zero-order valence-corrected chi connectivity index (χ0v) is 19.7. The van der Waals surface area contributed by atoms with E-state index in [9.17, 15) is 4.79 Å². The van der Waals surface area contributed by atoms with E-state index in [1.807, 2.05) is 6.07 Å². The van der Waals surface area contributed by atoms with Crippen LogP contribution in [0, 0.1) is 5.92 Å². The number of ether oxygens (including phenoxy) is 1. The Balaban J connectivity index is 1.80. The fourth-order valence-corrected chi connectivity index (χ4v) is 3.90. The Hall–Kier alpha value is -1.51. The van der Waals surface area contributed by atoms with Crippen LogP contribution in [0.2, 0.25) is 0 Å². The highest BCUT2D eigenvalue weighted by Crippen LogP contribution is 2.19. The number of carboxylic acids is 1. The van der Waals surface area contributed by atoms with E-state index >= 15 is 0 Å². The molecule has 1 aromatic rings. The molecule has 3 nitrogen and oxygen atoms in total. The number of para-hydroxylation sites is 1. The van der Waals surface area contributed by atoms with Crippen LogP contribution in [0.4, 0.5) is 0 Å². The van der Waals surface area contributed by atoms with Crippen molar-refractivity contribution in [3.05, 3.63) is 29.8 Å². The molecule has 172 valence electrons. The maximum atomic E-state index is 11.1. The molecule has 0 bridgehead atoms. The SMILES string of the molecule is CC(C)CCCCCCCCCCCCCCCCCOc1ccccc1C(=O)O. The van der Waals surface area contributed by atoms with E-state index in [2.05, 4.69) is 13.8 Å². The molecule has 0 aliphatic rings. The van der Waals surface area contributed by atoms with Crippen LogP contribution in [0.1, 0.15) is 127 Å². The number of aromatic carboxylic acids is 1. The molecular weight excluding hydrogens is 372 g/mol. The van der Waals surface area contributed by atoms with Crippen molar-refractivity contribution in [2.24, 2.45) is 5.92 Å². The summed E-state index contributed by atoms with van der Waals surface area (Å²) in [5.41, 5.74) is 0.249. The summed E-state index contributed by atoms with van der Waals surface area (Å²) in [6.07, 6.45) is 21.6. The summed E-state index contributed by atoms with van der Waals surface area (Å²) in [5, 5.41) is 9.14. The van der Waals surface area contributed by atoms with Gasteiger partial charge in [0.15, 0.2) is 0 Å². The lowest BCUT2D eigenvalue weighted by Crippen LogP contribution is -2.04. The van der Waals surface area contributed by atoms with E-state index in [4.69, 9.17) is 9.84 Å². The minimum absolute atomic E-state index is 0.249. The van der Waals surface area contributed by atoms with Gasteiger partial charge in [0.05, 0.1) is 6.61 Å². The van der Waals surface area contributed by atoms with Crippen LogP contribution >= 0.6 is 0 Å². The highest BCUT2D eigenvalue weighted by Gasteiger charge is 2.09. The van der Waals surface area contributed by atoms with E-state index in [-0.39, 0.29) is 5.56 Å². The Labute approximate surface area is 185 Å². The Morgan fingerprint density at radius 1 is 0.733 bits per heavy atom. The Kier molecular flexibility index (Phi) is 16.2. The molecule has 0 saturated carbocycles. The van der Waals surface area contributed by atoms with Gasteiger partial charge < -0.3 is 9.84 Å². The van der Waals surface area contributed by atoms with E-state index in [1.165, 1.54) is 89.9 Å². The Morgan fingerprint density at radius 2 is 1.17 bits per heavy atom. The molecule has 0 unspecified atom stereocenters. The van der Waals surface area contributed by atoms with Gasteiger partial charge in [-0.25, -0.2) is 4.79 Å². The minimum atomic E-state index is -0.928. The molecule has 0 amide bonds. The molecule has 0 heterocycles. The third-order valence-electron chi connectivity index (χ3n) is 5.80. The summed E-state index contributed by atoms with van der Waals surface area (Å²) < 4.78 is 5.65. The van der Waals surface area contributed by atoms with E-state index in [0.717, 1.165) is 18.8 Å². The molecule has 0 spiro atoms. The van der Waals surface area contributed by atoms with Gasteiger partial charge in [0, 0.05) is 0 Å². The second kappa shape index (κ2) is 18.3. The third-order valence-corrected chi connectivity index (χ3v) is 5.80. The molecule has 1 N–H and O–H groups in total. The van der Waals surface area contributed by atoms with Crippen molar-refractivity contribution in [2.45, 2.75) is 117 Å². The van der Waals surface area contributed by atoms with Crippen LogP contribution < -0.4 is 4.74 Å². The summed E-state index contributed by atoms with van der Waals surface area (Å²) in [6.45, 7) is 5.24. The summed E-state index contributed by atoms with van der Waals surface area (Å²) in [6, 6.07) is 6.87. The molecule has 0 atom stereocenters. The predicted molar refractivity (Wildman–Crippen MR) is 128 cm³/mol. The van der Waals surface area contributed by atoms with Gasteiger partial charge in [0.25, 0.3) is 0 Å². The number of unbranched alkanes of at least 4 members (excludes halogenated alkanes) is 14. The van der Waals surface area contributed by atoms with E-state index in [1.54, 1.807) is 18.2 Å². The van der Waals surface area contributed by atoms with Crippen LogP contribution in [-0.2, 0) is 0 Å². The van der Waals surface area contributed by atoms with Crippen molar-refractivity contribution >= 4 is 5.97 Å². The van der Waals surface area contributed by atoms with Crippen molar-refractivity contribution in [1.82, 2.24) is 0 Å². The maximum absolute atomic E-state index is 11.1. The molecule has 0 aliphatic heterocycles. The highest BCUT2D eigenvalue weighted by atomic mass is 16.5. The fourth-order valence-electron chi connectivity index (χ4n) is 3.90. The lowest BCUT2D eigenvalue weighted by atomic mass is 10.0. The lowest BCUT2D eigenvalue weighted by molar-refractivity contribution is 0.0692. The standard InChI is InChI=1S/C27H46O3/c1-24(2)20-16-14-12-10-8-6-4-3-5-7-9-11-13-15-19-23-30-26-22-18-17-21-25(26)27(28)29/h17-18,21-22,24H,3-16,19-20,23H2,1-2H3,(H,28,29). The van der Waals surface area contributed by atoms with Crippen molar-refractivity contribution in [1.29, 1.82) is 0 Å². The average Bonchev–Trinajstić information content (AvgIpc) is 2.72. The lowest BCUT2D eigenvalue weighted by Gasteiger charge is -2.08. The molecular formula is C27H46O3. The smallest absolute Gasteiger partial charge is 0.339 e. The quantitative estimate of drug-likeness (QED) is 0.215. The largest absolute Gasteiger partial charge is 0.493 e. The number of hydrogen-bond donors (Lipinski definition) is 1. The zero-order valence-electron chi connectivity index (χ0n) is 19.7. The van der Waals surface area contributed by atoms with Gasteiger partial charge in [-0.3, -0.25) is 0 Å². The summed E-state index contributed by atoms with van der Waals surface area (Å²) in [7, 11) is 0. The van der Waals surface area contributed by atoms with Crippen molar-refractivity contribution in [3.63, 3.8) is 0 Å². The molecule has 0 saturated heterocycles. The summed E-state index contributed by atoms with van der Waals surface area (Å²) >= 11 is 0. The first-order valence-electron chi connectivity index (χ1n) is 12.6. The predicted octanol–water partition coefficient (Wildman–Crippen LogP) is 8.66. The van der Waals surface area contributed by atoms with Crippen LogP contribution in [0.15, 0.2) is 24.3 Å². The number of benzene rings is 1. The molecule has 0 fully saturated rings. The first kappa shape index (κ1) is 26.5. The molecule has 1 aromatic carbocycles. The average molecular weight is 419 g/mol. The highest BCUT2D eigenvalue weighted by molar-refractivity contribution is 5.90. The first-order chi connectivity index (χ1) is 14.6. The summed E-state index contributed by atoms with van der Waals surface area (Å²) in [4.78, 5) is 11.1. The van der Waals surface area contributed by atoms with Crippen LogP contribution in [-0.4, -0.2) is 17.7 Å². The van der Waals surface area contributed by atoms with Crippen molar-refractivity contribution in [2.75, 3.05) is 6.61 Å². The Morgan fingerprint density at radius 3 is 1.63 bits per heavy atom. The number of carboxylic acid groups (broad SMARTS) is 1. The van der Waals surface area contributed by atoms with Crippen LogP contribution in [0.3, 0.4) is 0 Å². The van der Waals surface area contributed by atoms with Crippen LogP contribution in [0.5, 0.6) is 5.75 Å². The van der Waals surface area contributed by atoms with Crippen molar-refractivity contribution < 1.29 is 14.6 Å². The van der Waals surface area contributed by atoms with Gasteiger partial charge in [0.1, 0.15) is 11.3 Å². The fraction of sp³-hybridized carbons (Fsp3) is 0.741. The number of carbonyl (C=O) groups is 1. The topological polar surface area (TPSA) is 46.5 Å². The van der Waals surface area contributed by atoms with Gasteiger partial charge >= 0.3 is 5.97 Å². The molecule has 0 radical (unpaired) electrons. The first-order valence-corrected chi connectivity index (χ1v) is 12.6. The van der Waals surface area contributed by atoms with E-state index < -0.39 is 5.97 Å². The zero-order chi connectivity index (χ0) is 21.9. The monoisotopic (exact) mass is 418 g/mol. The molecule has 30 heavy (non-hydrogen) atoms.